The van der Waals surface area contributed by atoms with Crippen molar-refractivity contribution in [2.24, 2.45) is 0 Å². The molecule has 1 amide bonds. The molecule has 4 rings (SSSR count). The Morgan fingerprint density at radius 2 is 2.33 bits per heavy atom. The Labute approximate surface area is 140 Å². The van der Waals surface area contributed by atoms with Crippen LogP contribution in [0.15, 0.2) is 28.8 Å². The minimum atomic E-state index is -0.376. The Hall–Kier alpha value is -2.28. The first-order valence-corrected chi connectivity index (χ1v) is 8.27. The minimum Gasteiger partial charge on any atom is -0.425 e. The average Bonchev–Trinajstić information content (AvgIpc) is 3.22. The van der Waals surface area contributed by atoms with Crippen LogP contribution in [0.25, 0.3) is 0 Å². The van der Waals surface area contributed by atoms with E-state index in [-0.39, 0.29) is 17.4 Å². The van der Waals surface area contributed by atoms with Crippen LogP contribution >= 0.6 is 0 Å². The zero-order valence-electron chi connectivity index (χ0n) is 13.6. The number of ether oxygens (including phenoxy) is 1. The lowest BCUT2D eigenvalue weighted by Gasteiger charge is -2.41. The summed E-state index contributed by atoms with van der Waals surface area (Å²) in [6, 6.07) is 5.62. The highest BCUT2D eigenvalue weighted by atomic mass is 16.5. The van der Waals surface area contributed by atoms with Gasteiger partial charge in [-0.15, -0.1) is 10.2 Å². The van der Waals surface area contributed by atoms with Crippen LogP contribution in [0.4, 0.5) is 0 Å². The molecule has 2 fully saturated rings. The lowest BCUT2D eigenvalue weighted by Crippen LogP contribution is -2.54. The van der Waals surface area contributed by atoms with Crippen molar-refractivity contribution in [3.8, 4) is 0 Å². The molecule has 0 aliphatic carbocycles. The van der Waals surface area contributed by atoms with Crippen molar-refractivity contribution < 1.29 is 13.9 Å². The number of aromatic nitrogens is 3. The van der Waals surface area contributed by atoms with Crippen LogP contribution in [0.5, 0.6) is 0 Å². The number of likely N-dealkylation sites (tertiary alicyclic amines) is 1. The van der Waals surface area contributed by atoms with Crippen molar-refractivity contribution in [1.82, 2.24) is 20.1 Å². The summed E-state index contributed by atoms with van der Waals surface area (Å²) in [5.74, 6) is 1.22. The number of aryl methyl sites for hydroxylation is 1. The second-order valence-corrected chi connectivity index (χ2v) is 6.49. The van der Waals surface area contributed by atoms with E-state index in [1.54, 1.807) is 13.1 Å². The molecule has 4 heterocycles. The van der Waals surface area contributed by atoms with Crippen molar-refractivity contribution in [1.29, 1.82) is 0 Å². The summed E-state index contributed by atoms with van der Waals surface area (Å²) in [6.07, 6.45) is 3.65. The molecule has 7 nitrogen and oxygen atoms in total. The SMILES string of the molecule is Cc1nnc([C@]23CCO[C@H]2CCN(C(=O)Cc2ccccn2)C3)o1. The first kappa shape index (κ1) is 15.3. The molecule has 0 unspecified atom stereocenters. The normalized spacial score (nSPS) is 26.4. The Morgan fingerprint density at radius 1 is 1.42 bits per heavy atom. The van der Waals surface area contributed by atoms with Crippen LogP contribution in [0, 0.1) is 6.92 Å². The van der Waals surface area contributed by atoms with Crippen LogP contribution in [0.1, 0.15) is 30.3 Å². The predicted octanol–water partition coefficient (Wildman–Crippen LogP) is 1.27. The maximum atomic E-state index is 12.7. The lowest BCUT2D eigenvalue weighted by atomic mass is 9.76. The number of nitrogens with zero attached hydrogens (tertiary/aromatic N) is 4. The molecule has 2 aromatic heterocycles. The van der Waals surface area contributed by atoms with Gasteiger partial charge in [-0.3, -0.25) is 9.78 Å². The molecule has 0 bridgehead atoms. The molecule has 0 aromatic carbocycles. The molecule has 2 atom stereocenters. The zero-order valence-corrected chi connectivity index (χ0v) is 13.6. The third-order valence-corrected chi connectivity index (χ3v) is 4.98. The van der Waals surface area contributed by atoms with Crippen LogP contribution in [-0.4, -0.2) is 51.8 Å². The topological polar surface area (TPSA) is 81.4 Å². The van der Waals surface area contributed by atoms with Gasteiger partial charge in [0, 0.05) is 38.5 Å². The van der Waals surface area contributed by atoms with E-state index < -0.39 is 0 Å². The summed E-state index contributed by atoms with van der Waals surface area (Å²) >= 11 is 0. The monoisotopic (exact) mass is 328 g/mol. The van der Waals surface area contributed by atoms with E-state index in [0.29, 0.717) is 37.9 Å². The third-order valence-electron chi connectivity index (χ3n) is 4.98. The van der Waals surface area contributed by atoms with E-state index in [1.165, 1.54) is 0 Å². The highest BCUT2D eigenvalue weighted by molar-refractivity contribution is 5.78. The number of carbonyl (C=O) groups is 1. The van der Waals surface area contributed by atoms with Gasteiger partial charge in [-0.1, -0.05) is 6.07 Å². The number of hydrogen-bond acceptors (Lipinski definition) is 6. The molecule has 7 heteroatoms. The Kier molecular flexibility index (Phi) is 3.80. The highest BCUT2D eigenvalue weighted by Gasteiger charge is 2.53. The van der Waals surface area contributed by atoms with Gasteiger partial charge in [0.2, 0.25) is 17.7 Å². The van der Waals surface area contributed by atoms with Crippen LogP contribution < -0.4 is 0 Å². The van der Waals surface area contributed by atoms with Gasteiger partial charge in [0.25, 0.3) is 0 Å². The maximum absolute atomic E-state index is 12.7. The molecule has 0 N–H and O–H groups in total. The maximum Gasteiger partial charge on any atom is 0.228 e. The Balaban J connectivity index is 1.55. The van der Waals surface area contributed by atoms with Gasteiger partial charge in [0.05, 0.1) is 17.9 Å². The number of carbonyl (C=O) groups excluding carboxylic acids is 1. The van der Waals surface area contributed by atoms with Gasteiger partial charge in [-0.05, 0) is 25.0 Å². The van der Waals surface area contributed by atoms with Crippen molar-refractivity contribution in [3.05, 3.63) is 41.9 Å². The number of rotatable bonds is 3. The lowest BCUT2D eigenvalue weighted by molar-refractivity contribution is -0.134. The van der Waals surface area contributed by atoms with Crippen LogP contribution in [-0.2, 0) is 21.4 Å². The van der Waals surface area contributed by atoms with E-state index >= 15 is 0 Å². The first-order chi connectivity index (χ1) is 11.7. The van der Waals surface area contributed by atoms with Gasteiger partial charge in [-0.2, -0.15) is 0 Å². The second kappa shape index (κ2) is 5.98. The van der Waals surface area contributed by atoms with E-state index in [1.807, 2.05) is 23.1 Å². The molecule has 2 aliphatic heterocycles. The largest absolute Gasteiger partial charge is 0.425 e. The van der Waals surface area contributed by atoms with Gasteiger partial charge in [0.1, 0.15) is 0 Å². The number of amides is 1. The van der Waals surface area contributed by atoms with Gasteiger partial charge >= 0.3 is 0 Å². The van der Waals surface area contributed by atoms with Crippen LogP contribution in [0.3, 0.4) is 0 Å². The number of hydrogen-bond donors (Lipinski definition) is 0. The number of pyridine rings is 1. The molecule has 2 aromatic rings. The fourth-order valence-corrected chi connectivity index (χ4v) is 3.73. The summed E-state index contributed by atoms with van der Waals surface area (Å²) < 4.78 is 11.6. The minimum absolute atomic E-state index is 0.0382. The Morgan fingerprint density at radius 3 is 3.08 bits per heavy atom. The van der Waals surface area contributed by atoms with E-state index in [9.17, 15) is 4.79 Å². The molecule has 2 aliphatic rings. The molecule has 126 valence electrons. The van der Waals surface area contributed by atoms with Gasteiger partial charge < -0.3 is 14.1 Å². The van der Waals surface area contributed by atoms with Gasteiger partial charge in [0.15, 0.2) is 0 Å². The van der Waals surface area contributed by atoms with E-state index in [0.717, 1.165) is 18.5 Å². The smallest absolute Gasteiger partial charge is 0.228 e. The Bertz CT molecular complexity index is 732. The fourth-order valence-electron chi connectivity index (χ4n) is 3.73. The van der Waals surface area contributed by atoms with Crippen molar-refractivity contribution in [2.45, 2.75) is 37.7 Å². The van der Waals surface area contributed by atoms with Crippen molar-refractivity contribution in [3.63, 3.8) is 0 Å². The summed E-state index contributed by atoms with van der Waals surface area (Å²) in [7, 11) is 0. The summed E-state index contributed by atoms with van der Waals surface area (Å²) in [4.78, 5) is 18.8. The molecule has 24 heavy (non-hydrogen) atoms. The first-order valence-electron chi connectivity index (χ1n) is 8.27. The van der Waals surface area contributed by atoms with Crippen LogP contribution in [0.2, 0.25) is 0 Å². The van der Waals surface area contributed by atoms with E-state index in [4.69, 9.17) is 9.15 Å². The van der Waals surface area contributed by atoms with Crippen molar-refractivity contribution >= 4 is 5.91 Å². The summed E-state index contributed by atoms with van der Waals surface area (Å²) in [5, 5.41) is 8.20. The average molecular weight is 328 g/mol. The number of piperidine rings is 1. The molecular weight excluding hydrogens is 308 g/mol. The predicted molar refractivity (Wildman–Crippen MR) is 84.2 cm³/mol. The molecular formula is C17H20N4O3. The standard InChI is InChI=1S/C17H20N4O3/c1-12-19-20-16(24-12)17-6-9-23-14(17)5-8-21(11-17)15(22)10-13-4-2-3-7-18-13/h2-4,7,14H,5-6,8-11H2,1H3/t14-,17-/m0/s1. The molecule has 0 radical (unpaired) electrons. The second-order valence-electron chi connectivity index (χ2n) is 6.49. The summed E-state index contributed by atoms with van der Waals surface area (Å²) in [5.41, 5.74) is 0.411. The van der Waals surface area contributed by atoms with E-state index in [2.05, 4.69) is 15.2 Å². The quantitative estimate of drug-likeness (QED) is 0.844. The third kappa shape index (κ3) is 2.58. The number of fused-ring (bicyclic) bond motifs is 1. The molecule has 2 saturated heterocycles. The molecule has 0 saturated carbocycles. The highest BCUT2D eigenvalue weighted by Crippen LogP contribution is 2.42. The zero-order chi connectivity index (χ0) is 16.6. The van der Waals surface area contributed by atoms with Gasteiger partial charge in [-0.25, -0.2) is 0 Å². The fraction of sp³-hybridized carbons (Fsp3) is 0.529. The molecule has 0 spiro atoms. The van der Waals surface area contributed by atoms with Crippen molar-refractivity contribution in [2.75, 3.05) is 19.7 Å². The summed E-state index contributed by atoms with van der Waals surface area (Å²) in [6.45, 7) is 3.69.